The molecular formula is C33H41F2N3O6. The van der Waals surface area contributed by atoms with Crippen molar-refractivity contribution in [2.75, 3.05) is 20.3 Å². The molecule has 9 nitrogen and oxygen atoms in total. The van der Waals surface area contributed by atoms with Gasteiger partial charge in [-0.05, 0) is 82.3 Å². The van der Waals surface area contributed by atoms with Gasteiger partial charge in [-0.2, -0.15) is 0 Å². The number of aliphatic hydroxyl groups excluding tert-OH is 2. The van der Waals surface area contributed by atoms with E-state index in [1.54, 1.807) is 46.2 Å². The molecule has 1 fully saturated rings. The predicted molar refractivity (Wildman–Crippen MR) is 162 cm³/mol. The first-order valence-corrected chi connectivity index (χ1v) is 14.8. The van der Waals surface area contributed by atoms with Gasteiger partial charge in [0.15, 0.2) is 0 Å². The standard InChI is InChI=1S/C33H41F2N3O6/c1-33(2,3)44-32(41)38(17-5-6-22-18-23(34)8-11-26(22)35)28-13-10-25(43-29(28)19-24(40)20-39)9-7-21-15-16-36-27-12-14-30(42-4)37-31(21)27/h5-6,8,11-12,14-16,18,24-25,28-29,39-40H,7,9-10,13,17,19-20H2,1-4H3/b6-5+/t24?,25-,28-,29-/m1/s1. The molecule has 44 heavy (non-hydrogen) atoms. The van der Waals surface area contributed by atoms with Crippen LogP contribution in [0.2, 0.25) is 0 Å². The van der Waals surface area contributed by atoms with Gasteiger partial charge in [-0.3, -0.25) is 9.88 Å². The largest absolute Gasteiger partial charge is 0.481 e. The third-order valence-corrected chi connectivity index (χ3v) is 7.47. The van der Waals surface area contributed by atoms with E-state index in [0.717, 1.165) is 34.8 Å². The molecule has 1 amide bonds. The van der Waals surface area contributed by atoms with Gasteiger partial charge in [0.05, 0.1) is 49.1 Å². The van der Waals surface area contributed by atoms with Gasteiger partial charge in [-0.15, -0.1) is 0 Å². The number of rotatable bonds is 11. The highest BCUT2D eigenvalue weighted by molar-refractivity contribution is 5.78. The summed E-state index contributed by atoms with van der Waals surface area (Å²) in [6.07, 6.45) is 4.84. The molecule has 3 aromatic rings. The van der Waals surface area contributed by atoms with E-state index >= 15 is 0 Å². The highest BCUT2D eigenvalue weighted by Crippen LogP contribution is 2.31. The molecule has 4 rings (SSSR count). The Morgan fingerprint density at radius 3 is 2.73 bits per heavy atom. The Kier molecular flexibility index (Phi) is 11.2. The first kappa shape index (κ1) is 33.2. The van der Waals surface area contributed by atoms with Gasteiger partial charge < -0.3 is 24.4 Å². The van der Waals surface area contributed by atoms with Gasteiger partial charge in [-0.25, -0.2) is 18.6 Å². The molecule has 0 aliphatic carbocycles. The lowest BCUT2D eigenvalue weighted by Gasteiger charge is -2.43. The topological polar surface area (TPSA) is 114 Å². The molecule has 2 N–H and O–H groups in total. The Morgan fingerprint density at radius 2 is 2.00 bits per heavy atom. The average Bonchev–Trinajstić information content (AvgIpc) is 2.99. The van der Waals surface area contributed by atoms with Crippen molar-refractivity contribution in [3.8, 4) is 5.88 Å². The van der Waals surface area contributed by atoms with Crippen molar-refractivity contribution in [1.29, 1.82) is 0 Å². The van der Waals surface area contributed by atoms with Crippen LogP contribution in [0.4, 0.5) is 13.6 Å². The van der Waals surface area contributed by atoms with E-state index in [1.165, 1.54) is 11.0 Å². The molecule has 1 aliphatic rings. The molecule has 0 spiro atoms. The van der Waals surface area contributed by atoms with Crippen LogP contribution in [0, 0.1) is 11.6 Å². The summed E-state index contributed by atoms with van der Waals surface area (Å²) in [7, 11) is 1.56. The molecule has 4 atom stereocenters. The molecule has 11 heteroatoms. The van der Waals surface area contributed by atoms with Crippen molar-refractivity contribution >= 4 is 23.2 Å². The number of pyridine rings is 2. The number of hydrogen-bond acceptors (Lipinski definition) is 8. The minimum Gasteiger partial charge on any atom is -0.481 e. The first-order chi connectivity index (χ1) is 21.0. The van der Waals surface area contributed by atoms with Crippen molar-refractivity contribution < 1.29 is 38.0 Å². The highest BCUT2D eigenvalue weighted by atomic mass is 19.1. The van der Waals surface area contributed by atoms with E-state index in [9.17, 15) is 23.8 Å². The number of hydrogen-bond donors (Lipinski definition) is 2. The molecule has 1 unspecified atom stereocenters. The lowest BCUT2D eigenvalue weighted by molar-refractivity contribution is -0.115. The van der Waals surface area contributed by atoms with Crippen molar-refractivity contribution in [3.05, 3.63) is 71.4 Å². The normalized spacial score (nSPS) is 19.7. The van der Waals surface area contributed by atoms with Crippen LogP contribution in [0.15, 0.2) is 48.7 Å². The molecule has 238 valence electrons. The summed E-state index contributed by atoms with van der Waals surface area (Å²) in [6.45, 7) is 4.85. The SMILES string of the molecule is COc1ccc2nccc(CC[C@@H]3CC[C@@H](N(C/C=C/c4cc(F)ccc4F)C(=O)OC(C)(C)C)[C@@H](CC(O)CO)O3)c2n1. The zero-order valence-electron chi connectivity index (χ0n) is 25.6. The molecule has 3 heterocycles. The predicted octanol–water partition coefficient (Wildman–Crippen LogP) is 5.46. The highest BCUT2D eigenvalue weighted by Gasteiger charge is 2.39. The summed E-state index contributed by atoms with van der Waals surface area (Å²) in [4.78, 5) is 23.9. The number of carbonyl (C=O) groups is 1. The maximum absolute atomic E-state index is 14.2. The monoisotopic (exact) mass is 613 g/mol. The molecule has 1 aliphatic heterocycles. The van der Waals surface area contributed by atoms with Crippen molar-refractivity contribution in [3.63, 3.8) is 0 Å². The van der Waals surface area contributed by atoms with Crippen LogP contribution in [0.3, 0.4) is 0 Å². The molecule has 2 aromatic heterocycles. The second kappa shape index (κ2) is 14.9. The van der Waals surface area contributed by atoms with E-state index in [4.69, 9.17) is 14.2 Å². The molecule has 0 saturated carbocycles. The van der Waals surface area contributed by atoms with Crippen LogP contribution >= 0.6 is 0 Å². The van der Waals surface area contributed by atoms with E-state index in [0.29, 0.717) is 31.6 Å². The van der Waals surface area contributed by atoms with Crippen LogP contribution in [-0.2, 0) is 15.9 Å². The summed E-state index contributed by atoms with van der Waals surface area (Å²) >= 11 is 0. The number of aliphatic hydroxyl groups is 2. The van der Waals surface area contributed by atoms with Crippen molar-refractivity contribution in [2.24, 2.45) is 0 Å². The number of aromatic nitrogens is 2. The third kappa shape index (κ3) is 8.93. The fourth-order valence-electron chi connectivity index (χ4n) is 5.37. The number of methoxy groups -OCH3 is 1. The van der Waals surface area contributed by atoms with E-state index in [2.05, 4.69) is 9.97 Å². The quantitative estimate of drug-likeness (QED) is 0.293. The van der Waals surface area contributed by atoms with Crippen LogP contribution in [0.5, 0.6) is 5.88 Å². The second-order valence-electron chi connectivity index (χ2n) is 11.9. The van der Waals surface area contributed by atoms with E-state index in [-0.39, 0.29) is 24.6 Å². The summed E-state index contributed by atoms with van der Waals surface area (Å²) in [5.41, 5.74) is 1.78. The number of halogens is 2. The lowest BCUT2D eigenvalue weighted by atomic mass is 9.91. The molecule has 1 aromatic carbocycles. The Balaban J connectivity index is 1.53. The zero-order chi connectivity index (χ0) is 31.9. The summed E-state index contributed by atoms with van der Waals surface area (Å²) < 4.78 is 45.4. The van der Waals surface area contributed by atoms with Gasteiger partial charge in [0.1, 0.15) is 17.2 Å². The zero-order valence-corrected chi connectivity index (χ0v) is 25.6. The van der Waals surface area contributed by atoms with Crippen LogP contribution in [0.25, 0.3) is 17.1 Å². The number of nitrogens with zero attached hydrogens (tertiary/aromatic N) is 3. The first-order valence-electron chi connectivity index (χ1n) is 14.8. The fraction of sp³-hybridized carbons (Fsp3) is 0.485. The summed E-state index contributed by atoms with van der Waals surface area (Å²) in [6, 6.07) is 8.21. The van der Waals surface area contributed by atoms with Crippen LogP contribution in [-0.4, -0.2) is 81.4 Å². The lowest BCUT2D eigenvalue weighted by Crippen LogP contribution is -2.54. The minimum atomic E-state index is -1.06. The number of benzene rings is 1. The van der Waals surface area contributed by atoms with Gasteiger partial charge in [-0.1, -0.05) is 12.2 Å². The second-order valence-corrected chi connectivity index (χ2v) is 11.9. The van der Waals surface area contributed by atoms with Crippen LogP contribution in [0.1, 0.15) is 57.6 Å². The fourth-order valence-corrected chi connectivity index (χ4v) is 5.37. The number of fused-ring (bicyclic) bond motifs is 1. The molecule has 0 radical (unpaired) electrons. The summed E-state index contributed by atoms with van der Waals surface area (Å²) in [5.74, 6) is -0.664. The maximum atomic E-state index is 14.2. The summed E-state index contributed by atoms with van der Waals surface area (Å²) in [5, 5.41) is 20.0. The minimum absolute atomic E-state index is 0.0335. The van der Waals surface area contributed by atoms with Crippen LogP contribution < -0.4 is 4.74 Å². The maximum Gasteiger partial charge on any atom is 0.410 e. The van der Waals surface area contributed by atoms with E-state index < -0.39 is 48.2 Å². The molecule has 1 saturated heterocycles. The molecular weight excluding hydrogens is 572 g/mol. The number of carbonyl (C=O) groups excluding carboxylic acids is 1. The number of aryl methyl sites for hydroxylation is 1. The van der Waals surface area contributed by atoms with Crippen molar-refractivity contribution in [1.82, 2.24) is 14.9 Å². The smallest absolute Gasteiger partial charge is 0.410 e. The van der Waals surface area contributed by atoms with E-state index in [1.807, 2.05) is 12.1 Å². The van der Waals surface area contributed by atoms with Crippen molar-refractivity contribution in [2.45, 2.75) is 82.8 Å². The Bertz CT molecular complexity index is 1450. The Hall–Kier alpha value is -3.67. The number of amides is 1. The van der Waals surface area contributed by atoms with Gasteiger partial charge in [0.2, 0.25) is 5.88 Å². The third-order valence-electron chi connectivity index (χ3n) is 7.47. The number of ether oxygens (including phenoxy) is 3. The van der Waals surface area contributed by atoms with Gasteiger partial charge in [0.25, 0.3) is 0 Å². The van der Waals surface area contributed by atoms with Gasteiger partial charge in [0, 0.05) is 30.8 Å². The Morgan fingerprint density at radius 1 is 1.20 bits per heavy atom. The van der Waals surface area contributed by atoms with Gasteiger partial charge >= 0.3 is 6.09 Å². The average molecular weight is 614 g/mol. The molecule has 0 bridgehead atoms. The Labute approximate surface area is 256 Å².